The van der Waals surface area contributed by atoms with Crippen molar-refractivity contribution in [3.8, 4) is 0 Å². The van der Waals surface area contributed by atoms with Crippen molar-refractivity contribution in [3.05, 3.63) is 15.5 Å². The highest BCUT2D eigenvalue weighted by Crippen LogP contribution is 2.16. The van der Waals surface area contributed by atoms with E-state index >= 15 is 0 Å². The molecule has 2 nitrogen and oxygen atoms in total. The molecule has 0 unspecified atom stereocenters. The normalized spacial score (nSPS) is 9.75. The Labute approximate surface area is 56.3 Å². The molecule has 0 spiro atoms. The van der Waals surface area contributed by atoms with Crippen LogP contribution in [0.15, 0.2) is 6.20 Å². The quantitative estimate of drug-likeness (QED) is 0.651. The largest absolute Gasteiger partial charge is 0.326 e. The maximum Gasteiger partial charge on any atom is 0.183 e. The van der Waals surface area contributed by atoms with Crippen LogP contribution in [0.3, 0.4) is 0 Å². The second-order valence-corrected chi connectivity index (χ2v) is 2.98. The summed E-state index contributed by atoms with van der Waals surface area (Å²) in [6.45, 7) is 0.532. The zero-order chi connectivity index (χ0) is 5.98. The molecule has 0 aliphatic heterocycles. The van der Waals surface area contributed by atoms with Crippen LogP contribution >= 0.6 is 22.9 Å². The molecule has 8 heavy (non-hydrogen) atoms. The average molecular weight is 149 g/mol. The summed E-state index contributed by atoms with van der Waals surface area (Å²) in [7, 11) is 0. The lowest BCUT2D eigenvalue weighted by atomic mass is 10.6. The molecular formula is C4H5ClN2S. The lowest BCUT2D eigenvalue weighted by Gasteiger charge is -1.78. The second kappa shape index (κ2) is 2.44. The first-order valence-corrected chi connectivity index (χ1v) is 3.32. The van der Waals surface area contributed by atoms with E-state index in [1.165, 1.54) is 11.3 Å². The molecule has 0 bridgehead atoms. The molecule has 4 heteroatoms. The highest BCUT2D eigenvalue weighted by atomic mass is 35.5. The molecule has 0 amide bonds. The van der Waals surface area contributed by atoms with Crippen molar-refractivity contribution in [2.45, 2.75) is 6.54 Å². The maximum absolute atomic E-state index is 5.49. The van der Waals surface area contributed by atoms with E-state index in [1.54, 1.807) is 6.20 Å². The smallest absolute Gasteiger partial charge is 0.183 e. The highest BCUT2D eigenvalue weighted by Gasteiger charge is 1.93. The van der Waals surface area contributed by atoms with Crippen molar-refractivity contribution in [1.82, 2.24) is 4.98 Å². The van der Waals surface area contributed by atoms with Crippen molar-refractivity contribution >= 4 is 22.9 Å². The highest BCUT2D eigenvalue weighted by molar-refractivity contribution is 7.15. The molecule has 44 valence electrons. The van der Waals surface area contributed by atoms with Crippen LogP contribution in [0.4, 0.5) is 0 Å². The van der Waals surface area contributed by atoms with E-state index in [-0.39, 0.29) is 0 Å². The van der Waals surface area contributed by atoms with Crippen molar-refractivity contribution in [1.29, 1.82) is 0 Å². The zero-order valence-corrected chi connectivity index (χ0v) is 5.67. The van der Waals surface area contributed by atoms with Gasteiger partial charge in [-0.15, -0.1) is 11.3 Å². The average Bonchev–Trinajstić information content (AvgIpc) is 2.14. The monoisotopic (exact) mass is 148 g/mol. The predicted molar refractivity (Wildman–Crippen MR) is 35.0 cm³/mol. The molecule has 0 fully saturated rings. The summed E-state index contributed by atoms with van der Waals surface area (Å²) < 4.78 is 0.561. The van der Waals surface area contributed by atoms with Gasteiger partial charge in [-0.1, -0.05) is 11.6 Å². The number of nitrogens with zero attached hydrogens (tertiary/aromatic N) is 1. The third-order valence-corrected chi connectivity index (χ3v) is 1.86. The molecule has 1 aromatic rings. The van der Waals surface area contributed by atoms with Gasteiger partial charge in [-0.05, 0) is 0 Å². The number of aromatic nitrogens is 1. The SMILES string of the molecule is NCc1cnc(Cl)s1. The standard InChI is InChI=1S/C4H5ClN2S/c5-4-7-2-3(1-6)8-4/h2H,1,6H2. The Bertz CT molecular complexity index is 174. The zero-order valence-electron chi connectivity index (χ0n) is 4.10. The Hall–Kier alpha value is -0.120. The Balaban J connectivity index is 2.84. The molecule has 0 saturated heterocycles. The van der Waals surface area contributed by atoms with Crippen LogP contribution in [-0.2, 0) is 6.54 Å². The molecule has 0 aliphatic rings. The molecule has 0 saturated carbocycles. The molecule has 1 aromatic heterocycles. The van der Waals surface area contributed by atoms with Crippen LogP contribution in [0.25, 0.3) is 0 Å². The number of halogens is 1. The second-order valence-electron chi connectivity index (χ2n) is 1.28. The molecule has 0 aliphatic carbocycles. The third-order valence-electron chi connectivity index (χ3n) is 0.727. The van der Waals surface area contributed by atoms with Gasteiger partial charge in [0, 0.05) is 17.6 Å². The minimum atomic E-state index is 0.532. The van der Waals surface area contributed by atoms with Gasteiger partial charge in [0.15, 0.2) is 4.47 Å². The van der Waals surface area contributed by atoms with Crippen molar-refractivity contribution < 1.29 is 0 Å². The Morgan fingerprint density at radius 1 is 1.88 bits per heavy atom. The van der Waals surface area contributed by atoms with Crippen molar-refractivity contribution in [2.24, 2.45) is 5.73 Å². The first-order chi connectivity index (χ1) is 3.83. The summed E-state index contributed by atoms with van der Waals surface area (Å²) in [6.07, 6.45) is 1.69. The maximum atomic E-state index is 5.49. The van der Waals surface area contributed by atoms with Gasteiger partial charge in [-0.3, -0.25) is 0 Å². The van der Waals surface area contributed by atoms with Crippen LogP contribution in [0.2, 0.25) is 4.47 Å². The molecular weight excluding hydrogens is 144 g/mol. The summed E-state index contributed by atoms with van der Waals surface area (Å²) in [5.41, 5.74) is 5.27. The summed E-state index contributed by atoms with van der Waals surface area (Å²) in [5, 5.41) is 0. The van der Waals surface area contributed by atoms with Gasteiger partial charge in [-0.25, -0.2) is 4.98 Å². The van der Waals surface area contributed by atoms with Gasteiger partial charge in [0.2, 0.25) is 0 Å². The Morgan fingerprint density at radius 2 is 2.62 bits per heavy atom. The Kier molecular flexibility index (Phi) is 1.83. The lowest BCUT2D eigenvalue weighted by Crippen LogP contribution is -1.91. The van der Waals surface area contributed by atoms with Crippen LogP contribution in [-0.4, -0.2) is 4.98 Å². The number of hydrogen-bond donors (Lipinski definition) is 1. The van der Waals surface area contributed by atoms with E-state index in [0.29, 0.717) is 11.0 Å². The molecule has 0 aromatic carbocycles. The first-order valence-electron chi connectivity index (χ1n) is 2.13. The number of thiazole rings is 1. The number of hydrogen-bond acceptors (Lipinski definition) is 3. The lowest BCUT2D eigenvalue weighted by molar-refractivity contribution is 1.10. The van der Waals surface area contributed by atoms with E-state index in [1.807, 2.05) is 0 Å². The minimum absolute atomic E-state index is 0.532. The van der Waals surface area contributed by atoms with Gasteiger partial charge in [-0.2, -0.15) is 0 Å². The van der Waals surface area contributed by atoms with Gasteiger partial charge in [0.1, 0.15) is 0 Å². The van der Waals surface area contributed by atoms with Crippen LogP contribution < -0.4 is 5.73 Å². The van der Waals surface area contributed by atoms with E-state index in [9.17, 15) is 0 Å². The Morgan fingerprint density at radius 3 is 2.88 bits per heavy atom. The van der Waals surface area contributed by atoms with E-state index in [4.69, 9.17) is 17.3 Å². The minimum Gasteiger partial charge on any atom is -0.326 e. The van der Waals surface area contributed by atoms with Gasteiger partial charge in [0.05, 0.1) is 0 Å². The third kappa shape index (κ3) is 1.18. The molecule has 1 rings (SSSR count). The van der Waals surface area contributed by atoms with Crippen LogP contribution in [0.5, 0.6) is 0 Å². The topological polar surface area (TPSA) is 38.9 Å². The fraction of sp³-hybridized carbons (Fsp3) is 0.250. The van der Waals surface area contributed by atoms with Gasteiger partial charge < -0.3 is 5.73 Å². The van der Waals surface area contributed by atoms with Crippen LogP contribution in [0, 0.1) is 0 Å². The molecule has 2 N–H and O–H groups in total. The predicted octanol–water partition coefficient (Wildman–Crippen LogP) is 1.26. The fourth-order valence-corrected chi connectivity index (χ4v) is 1.23. The molecule has 0 radical (unpaired) electrons. The van der Waals surface area contributed by atoms with E-state index in [0.717, 1.165) is 4.88 Å². The molecule has 1 heterocycles. The summed E-state index contributed by atoms with van der Waals surface area (Å²) in [4.78, 5) is 4.81. The van der Waals surface area contributed by atoms with E-state index < -0.39 is 0 Å². The summed E-state index contributed by atoms with van der Waals surface area (Å²) >= 11 is 6.91. The summed E-state index contributed by atoms with van der Waals surface area (Å²) in [5.74, 6) is 0. The van der Waals surface area contributed by atoms with E-state index in [2.05, 4.69) is 4.98 Å². The van der Waals surface area contributed by atoms with Gasteiger partial charge >= 0.3 is 0 Å². The number of nitrogens with two attached hydrogens (primary N) is 1. The van der Waals surface area contributed by atoms with Crippen LogP contribution in [0.1, 0.15) is 4.88 Å². The first kappa shape index (κ1) is 6.01. The number of rotatable bonds is 1. The fourth-order valence-electron chi connectivity index (χ4n) is 0.378. The van der Waals surface area contributed by atoms with Crippen molar-refractivity contribution in [2.75, 3.05) is 0 Å². The van der Waals surface area contributed by atoms with Crippen molar-refractivity contribution in [3.63, 3.8) is 0 Å². The molecule has 0 atom stereocenters. The van der Waals surface area contributed by atoms with Gasteiger partial charge in [0.25, 0.3) is 0 Å². The summed E-state index contributed by atoms with van der Waals surface area (Å²) in [6, 6.07) is 0.